The zero-order valence-corrected chi connectivity index (χ0v) is 14.6. The van der Waals surface area contributed by atoms with E-state index >= 15 is 0 Å². The van der Waals surface area contributed by atoms with Crippen molar-refractivity contribution < 1.29 is 13.6 Å². The van der Waals surface area contributed by atoms with E-state index in [0.29, 0.717) is 27.5 Å². The van der Waals surface area contributed by atoms with Gasteiger partial charge in [0.2, 0.25) is 0 Å². The van der Waals surface area contributed by atoms with Crippen LogP contribution < -0.4 is 10.6 Å². The van der Waals surface area contributed by atoms with E-state index in [1.54, 1.807) is 18.2 Å². The van der Waals surface area contributed by atoms with E-state index in [0.717, 1.165) is 12.1 Å². The number of nitrogens with zero attached hydrogens (tertiary/aromatic N) is 1. The molecule has 1 heterocycles. The number of anilines is 3. The summed E-state index contributed by atoms with van der Waals surface area (Å²) in [5.74, 6) is -2.19. The van der Waals surface area contributed by atoms with Gasteiger partial charge >= 0.3 is 0 Å². The summed E-state index contributed by atoms with van der Waals surface area (Å²) in [6.07, 6.45) is 2.81. The van der Waals surface area contributed by atoms with Gasteiger partial charge in [-0.05, 0) is 30.3 Å². The summed E-state index contributed by atoms with van der Waals surface area (Å²) >= 11 is 12.1. The summed E-state index contributed by atoms with van der Waals surface area (Å²) in [5.41, 5.74) is 1.08. The number of amides is 1. The molecule has 1 aromatic heterocycles. The van der Waals surface area contributed by atoms with Gasteiger partial charge in [-0.15, -0.1) is 0 Å². The van der Waals surface area contributed by atoms with Gasteiger partial charge in [0.1, 0.15) is 11.6 Å². The first-order chi connectivity index (χ1) is 12.4. The molecule has 0 aliphatic carbocycles. The molecule has 0 aliphatic rings. The van der Waals surface area contributed by atoms with Crippen molar-refractivity contribution in [3.63, 3.8) is 0 Å². The Balaban J connectivity index is 1.80. The molecule has 0 saturated heterocycles. The van der Waals surface area contributed by atoms with Crippen molar-refractivity contribution in [3.05, 3.63) is 82.1 Å². The third-order valence-electron chi connectivity index (χ3n) is 3.41. The lowest BCUT2D eigenvalue weighted by molar-refractivity contribution is 0.102. The molecule has 132 valence electrons. The van der Waals surface area contributed by atoms with Gasteiger partial charge in [-0.2, -0.15) is 0 Å². The van der Waals surface area contributed by atoms with Crippen LogP contribution in [0.1, 0.15) is 10.4 Å². The molecule has 0 spiro atoms. The van der Waals surface area contributed by atoms with E-state index in [4.69, 9.17) is 23.2 Å². The van der Waals surface area contributed by atoms with Crippen LogP contribution in [0.5, 0.6) is 0 Å². The molecule has 0 fully saturated rings. The zero-order chi connectivity index (χ0) is 18.7. The Kier molecular flexibility index (Phi) is 5.35. The van der Waals surface area contributed by atoms with Crippen molar-refractivity contribution in [2.75, 3.05) is 10.6 Å². The average Bonchev–Trinajstić information content (AvgIpc) is 2.61. The topological polar surface area (TPSA) is 54.0 Å². The molecule has 4 nitrogen and oxygen atoms in total. The normalized spacial score (nSPS) is 10.5. The van der Waals surface area contributed by atoms with Gasteiger partial charge in [0, 0.05) is 12.3 Å². The lowest BCUT2D eigenvalue weighted by Gasteiger charge is -2.11. The summed E-state index contributed by atoms with van der Waals surface area (Å²) in [6, 6.07) is 9.48. The molecule has 1 amide bonds. The average molecular weight is 394 g/mol. The minimum atomic E-state index is -0.869. The predicted octanol–water partition coefficient (Wildman–Crippen LogP) is 5.66. The number of benzene rings is 2. The standard InChI is InChI=1S/C18H11Cl2F2N3O/c19-13-2-1-3-16(17(13)20)24-12-6-10(8-23-9-12)18(26)25-15-5-4-11(21)7-14(15)22/h1-9,24H,(H,25,26). The van der Waals surface area contributed by atoms with Crippen molar-refractivity contribution in [2.24, 2.45) is 0 Å². The Labute approximate surface area is 157 Å². The second-order valence-corrected chi connectivity index (χ2v) is 6.05. The summed E-state index contributed by atoms with van der Waals surface area (Å²) in [6.45, 7) is 0. The Morgan fingerprint density at radius 3 is 2.58 bits per heavy atom. The summed E-state index contributed by atoms with van der Waals surface area (Å²) in [5, 5.41) is 6.09. The maximum atomic E-state index is 13.7. The first kappa shape index (κ1) is 18.1. The highest BCUT2D eigenvalue weighted by Crippen LogP contribution is 2.31. The number of halogens is 4. The van der Waals surface area contributed by atoms with Gasteiger partial charge < -0.3 is 10.6 Å². The smallest absolute Gasteiger partial charge is 0.257 e. The quantitative estimate of drug-likeness (QED) is 0.600. The fourth-order valence-corrected chi connectivity index (χ4v) is 2.52. The van der Waals surface area contributed by atoms with Crippen LogP contribution in [0.25, 0.3) is 0 Å². The van der Waals surface area contributed by atoms with Crippen LogP contribution in [0.4, 0.5) is 25.8 Å². The molecule has 8 heteroatoms. The minimum absolute atomic E-state index is 0.132. The number of carbonyl (C=O) groups excluding carboxylic acids is 1. The van der Waals surface area contributed by atoms with Gasteiger partial charge in [0.25, 0.3) is 5.91 Å². The molecular formula is C18H11Cl2F2N3O. The molecule has 0 aliphatic heterocycles. The van der Waals surface area contributed by atoms with Gasteiger partial charge in [0.05, 0.1) is 38.9 Å². The van der Waals surface area contributed by atoms with Crippen molar-refractivity contribution in [2.45, 2.75) is 0 Å². The van der Waals surface area contributed by atoms with Crippen LogP contribution >= 0.6 is 23.2 Å². The largest absolute Gasteiger partial charge is 0.353 e. The first-order valence-corrected chi connectivity index (χ1v) is 8.12. The molecule has 0 unspecified atom stereocenters. The van der Waals surface area contributed by atoms with E-state index in [1.807, 2.05) is 0 Å². The number of nitrogens with one attached hydrogen (secondary N) is 2. The van der Waals surface area contributed by atoms with Crippen LogP contribution in [0, 0.1) is 11.6 Å². The maximum Gasteiger partial charge on any atom is 0.257 e. The third kappa shape index (κ3) is 4.09. The maximum absolute atomic E-state index is 13.7. The summed E-state index contributed by atoms with van der Waals surface area (Å²) in [7, 11) is 0. The molecule has 2 N–H and O–H groups in total. The molecule has 0 atom stereocenters. The third-order valence-corrected chi connectivity index (χ3v) is 4.23. The van der Waals surface area contributed by atoms with Crippen molar-refractivity contribution in [1.82, 2.24) is 4.98 Å². The summed E-state index contributed by atoms with van der Waals surface area (Å²) < 4.78 is 26.6. The Bertz CT molecular complexity index is 982. The number of pyridine rings is 1. The monoisotopic (exact) mass is 393 g/mol. The van der Waals surface area contributed by atoms with E-state index in [2.05, 4.69) is 15.6 Å². The SMILES string of the molecule is O=C(Nc1ccc(F)cc1F)c1cncc(Nc2cccc(Cl)c2Cl)c1. The fourth-order valence-electron chi connectivity index (χ4n) is 2.17. The molecule has 0 bridgehead atoms. The number of aromatic nitrogens is 1. The zero-order valence-electron chi connectivity index (χ0n) is 13.1. The molecule has 26 heavy (non-hydrogen) atoms. The van der Waals surface area contributed by atoms with Gasteiger partial charge in [-0.25, -0.2) is 8.78 Å². The summed E-state index contributed by atoms with van der Waals surface area (Å²) in [4.78, 5) is 16.3. The first-order valence-electron chi connectivity index (χ1n) is 7.36. The predicted molar refractivity (Wildman–Crippen MR) is 98.3 cm³/mol. The Morgan fingerprint density at radius 2 is 1.81 bits per heavy atom. The van der Waals surface area contributed by atoms with Crippen LogP contribution in [0.3, 0.4) is 0 Å². The van der Waals surface area contributed by atoms with Crippen molar-refractivity contribution in [3.8, 4) is 0 Å². The second kappa shape index (κ2) is 7.68. The molecule has 0 radical (unpaired) electrons. The van der Waals surface area contributed by atoms with E-state index in [1.165, 1.54) is 18.5 Å². The van der Waals surface area contributed by atoms with E-state index in [9.17, 15) is 13.6 Å². The molecular weight excluding hydrogens is 383 g/mol. The molecule has 3 aromatic rings. The minimum Gasteiger partial charge on any atom is -0.353 e. The van der Waals surface area contributed by atoms with Crippen LogP contribution in [-0.2, 0) is 0 Å². The number of hydrogen-bond donors (Lipinski definition) is 2. The van der Waals surface area contributed by atoms with Crippen molar-refractivity contribution in [1.29, 1.82) is 0 Å². The number of rotatable bonds is 4. The van der Waals surface area contributed by atoms with Gasteiger partial charge in [0.15, 0.2) is 0 Å². The number of carbonyl (C=O) groups is 1. The number of hydrogen-bond acceptors (Lipinski definition) is 3. The van der Waals surface area contributed by atoms with Gasteiger partial charge in [-0.1, -0.05) is 29.3 Å². The highest BCUT2D eigenvalue weighted by molar-refractivity contribution is 6.43. The Morgan fingerprint density at radius 1 is 1.00 bits per heavy atom. The lowest BCUT2D eigenvalue weighted by atomic mass is 10.2. The van der Waals surface area contributed by atoms with Crippen molar-refractivity contribution >= 4 is 46.2 Å². The fraction of sp³-hybridized carbons (Fsp3) is 0. The highest BCUT2D eigenvalue weighted by Gasteiger charge is 2.12. The highest BCUT2D eigenvalue weighted by atomic mass is 35.5. The van der Waals surface area contributed by atoms with Crippen LogP contribution in [0.15, 0.2) is 54.9 Å². The van der Waals surface area contributed by atoms with Crippen LogP contribution in [-0.4, -0.2) is 10.9 Å². The lowest BCUT2D eigenvalue weighted by Crippen LogP contribution is -2.13. The molecule has 3 rings (SSSR count). The van der Waals surface area contributed by atoms with E-state index in [-0.39, 0.29) is 11.3 Å². The molecule has 0 saturated carbocycles. The van der Waals surface area contributed by atoms with Crippen LogP contribution in [0.2, 0.25) is 10.0 Å². The molecule has 2 aromatic carbocycles. The second-order valence-electron chi connectivity index (χ2n) is 5.27. The van der Waals surface area contributed by atoms with E-state index < -0.39 is 17.5 Å². The van der Waals surface area contributed by atoms with Gasteiger partial charge in [-0.3, -0.25) is 9.78 Å². The Hall–Kier alpha value is -2.70.